The summed E-state index contributed by atoms with van der Waals surface area (Å²) in [4.78, 5) is 16.8. The second kappa shape index (κ2) is 9.04. The molecule has 1 saturated carbocycles. The largest absolute Gasteiger partial charge is 0.400 e. The predicted octanol–water partition coefficient (Wildman–Crippen LogP) is 4.94. The zero-order valence-corrected chi connectivity index (χ0v) is 15.4. The lowest BCUT2D eigenvalue weighted by atomic mass is 9.90. The van der Waals surface area contributed by atoms with Crippen LogP contribution < -0.4 is 0 Å². The molecule has 0 saturated heterocycles. The van der Waals surface area contributed by atoms with E-state index < -0.39 is 5.95 Å². The highest BCUT2D eigenvalue weighted by atomic mass is 19.1. The fourth-order valence-electron chi connectivity index (χ4n) is 3.58. The molecule has 0 aliphatic heterocycles. The van der Waals surface area contributed by atoms with Crippen molar-refractivity contribution in [1.82, 2.24) is 4.98 Å². The van der Waals surface area contributed by atoms with Gasteiger partial charge in [0.25, 0.3) is 0 Å². The Hall–Kier alpha value is -1.81. The summed E-state index contributed by atoms with van der Waals surface area (Å²) in [6.07, 6.45) is 6.08. The fraction of sp³-hybridized carbons (Fsp3) is 0.524. The number of fused-ring (bicyclic) bond motifs is 1. The van der Waals surface area contributed by atoms with Gasteiger partial charge in [-0.15, -0.1) is 0 Å². The summed E-state index contributed by atoms with van der Waals surface area (Å²) in [6.45, 7) is 4.18. The molecule has 4 heteroatoms. The van der Waals surface area contributed by atoms with Crippen molar-refractivity contribution in [2.75, 3.05) is 7.11 Å². The lowest BCUT2D eigenvalue weighted by Gasteiger charge is -2.13. The molecule has 0 amide bonds. The van der Waals surface area contributed by atoms with Gasteiger partial charge in [0.05, 0.1) is 5.52 Å². The first-order valence-corrected chi connectivity index (χ1v) is 9.16. The van der Waals surface area contributed by atoms with E-state index >= 15 is 0 Å². The number of benzene rings is 1. The average molecular weight is 345 g/mol. The Kier molecular flexibility index (Phi) is 7.06. The fourth-order valence-corrected chi connectivity index (χ4v) is 3.58. The zero-order chi connectivity index (χ0) is 18.4. The third kappa shape index (κ3) is 4.63. The molecule has 1 N–H and O–H groups in total. The summed E-state index contributed by atoms with van der Waals surface area (Å²) in [7, 11) is 1.00. The summed E-state index contributed by atoms with van der Waals surface area (Å²) in [6, 6.07) is 7.28. The van der Waals surface area contributed by atoms with E-state index in [0.29, 0.717) is 17.5 Å². The van der Waals surface area contributed by atoms with E-state index in [1.807, 2.05) is 19.1 Å². The third-order valence-corrected chi connectivity index (χ3v) is 5.13. The molecule has 1 aliphatic rings. The number of carbonyl (C=O) groups is 1. The standard InChI is InChI=1S/C20H24FNO.CH4O/c1-3-14-11-17-12-16(9-10-18(17)22-20(14)21)19(23)15-6-4-5-13(2)7-8-15;1-2/h9-13,15H,3-8H2,1-2H3;2H,1H3. The third-order valence-electron chi connectivity index (χ3n) is 5.13. The number of carbonyl (C=O) groups excluding carboxylic acids is 1. The first-order chi connectivity index (χ1) is 12.1. The highest BCUT2D eigenvalue weighted by molar-refractivity contribution is 6.00. The van der Waals surface area contributed by atoms with E-state index in [9.17, 15) is 9.18 Å². The van der Waals surface area contributed by atoms with Crippen LogP contribution in [0.1, 0.15) is 61.9 Å². The minimum atomic E-state index is -0.406. The molecule has 136 valence electrons. The summed E-state index contributed by atoms with van der Waals surface area (Å²) in [5.41, 5.74) is 1.96. The van der Waals surface area contributed by atoms with Crippen LogP contribution in [0.3, 0.4) is 0 Å². The number of hydrogen-bond donors (Lipinski definition) is 1. The monoisotopic (exact) mass is 345 g/mol. The number of pyridine rings is 1. The number of aliphatic hydroxyl groups excluding tert-OH is 1. The molecule has 2 atom stereocenters. The molecule has 2 unspecified atom stereocenters. The molecule has 3 rings (SSSR count). The van der Waals surface area contributed by atoms with Crippen molar-refractivity contribution in [2.24, 2.45) is 11.8 Å². The number of halogens is 1. The number of nitrogens with zero attached hydrogens (tertiary/aromatic N) is 1. The Labute approximate surface area is 149 Å². The highest BCUT2D eigenvalue weighted by Crippen LogP contribution is 2.30. The highest BCUT2D eigenvalue weighted by Gasteiger charge is 2.23. The van der Waals surface area contributed by atoms with Crippen LogP contribution in [-0.2, 0) is 6.42 Å². The summed E-state index contributed by atoms with van der Waals surface area (Å²) >= 11 is 0. The molecule has 1 aromatic carbocycles. The van der Waals surface area contributed by atoms with Crippen molar-refractivity contribution in [3.8, 4) is 0 Å². The molecule has 2 aromatic rings. The number of aryl methyl sites for hydroxylation is 1. The van der Waals surface area contributed by atoms with Gasteiger partial charge in [-0.05, 0) is 49.4 Å². The summed E-state index contributed by atoms with van der Waals surface area (Å²) < 4.78 is 13.8. The van der Waals surface area contributed by atoms with Gasteiger partial charge in [-0.3, -0.25) is 4.79 Å². The number of Topliss-reactive ketones (excluding diaryl/α,β-unsaturated/α-hetero) is 1. The quantitative estimate of drug-likeness (QED) is 0.487. The van der Waals surface area contributed by atoms with Gasteiger partial charge >= 0.3 is 0 Å². The summed E-state index contributed by atoms with van der Waals surface area (Å²) in [5.74, 6) is 0.695. The second-order valence-corrected chi connectivity index (χ2v) is 6.87. The minimum Gasteiger partial charge on any atom is -0.400 e. The van der Waals surface area contributed by atoms with Crippen LogP contribution >= 0.6 is 0 Å². The van der Waals surface area contributed by atoms with Crippen LogP contribution in [-0.4, -0.2) is 23.0 Å². The van der Waals surface area contributed by atoms with Crippen molar-refractivity contribution in [2.45, 2.75) is 52.4 Å². The maximum Gasteiger partial charge on any atom is 0.216 e. The van der Waals surface area contributed by atoms with Crippen LogP contribution in [0.25, 0.3) is 10.9 Å². The van der Waals surface area contributed by atoms with Gasteiger partial charge in [0, 0.05) is 29.5 Å². The van der Waals surface area contributed by atoms with E-state index in [0.717, 1.165) is 49.7 Å². The van der Waals surface area contributed by atoms with Crippen LogP contribution in [0.2, 0.25) is 0 Å². The SMILES string of the molecule is CCc1cc2cc(C(=O)C3CCCC(C)CC3)ccc2nc1F.CO. The van der Waals surface area contributed by atoms with Crippen LogP contribution in [0.4, 0.5) is 4.39 Å². The Balaban J connectivity index is 0.00000109. The van der Waals surface area contributed by atoms with Gasteiger partial charge in [0.2, 0.25) is 5.95 Å². The molecule has 25 heavy (non-hydrogen) atoms. The maximum absolute atomic E-state index is 13.8. The lowest BCUT2D eigenvalue weighted by molar-refractivity contribution is 0.0907. The molecule has 0 bridgehead atoms. The van der Waals surface area contributed by atoms with E-state index in [1.165, 1.54) is 6.42 Å². The first kappa shape index (κ1) is 19.5. The second-order valence-electron chi connectivity index (χ2n) is 6.87. The van der Waals surface area contributed by atoms with Crippen molar-refractivity contribution >= 4 is 16.7 Å². The molecule has 1 aliphatic carbocycles. The molecular weight excluding hydrogens is 317 g/mol. The lowest BCUT2D eigenvalue weighted by Crippen LogP contribution is -2.14. The Morgan fingerprint density at radius 1 is 1.20 bits per heavy atom. The van der Waals surface area contributed by atoms with Crippen LogP contribution in [0.15, 0.2) is 24.3 Å². The van der Waals surface area contributed by atoms with E-state index in [1.54, 1.807) is 12.1 Å². The van der Waals surface area contributed by atoms with Crippen molar-refractivity contribution in [3.63, 3.8) is 0 Å². The Morgan fingerprint density at radius 3 is 2.68 bits per heavy atom. The van der Waals surface area contributed by atoms with Crippen molar-refractivity contribution < 1.29 is 14.3 Å². The van der Waals surface area contributed by atoms with Crippen LogP contribution in [0.5, 0.6) is 0 Å². The number of aliphatic hydroxyl groups is 1. The Morgan fingerprint density at radius 2 is 1.96 bits per heavy atom. The summed E-state index contributed by atoms with van der Waals surface area (Å²) in [5, 5.41) is 7.86. The van der Waals surface area contributed by atoms with Crippen LogP contribution in [0, 0.1) is 17.8 Å². The van der Waals surface area contributed by atoms with Gasteiger partial charge in [-0.2, -0.15) is 4.39 Å². The number of hydrogen-bond acceptors (Lipinski definition) is 3. The number of rotatable bonds is 3. The molecule has 1 heterocycles. The average Bonchev–Trinajstić information content (AvgIpc) is 2.86. The minimum absolute atomic E-state index is 0.136. The van der Waals surface area contributed by atoms with E-state index in [-0.39, 0.29) is 11.7 Å². The zero-order valence-electron chi connectivity index (χ0n) is 15.4. The predicted molar refractivity (Wildman–Crippen MR) is 99.3 cm³/mol. The maximum atomic E-state index is 13.8. The van der Waals surface area contributed by atoms with Crippen molar-refractivity contribution in [3.05, 3.63) is 41.3 Å². The molecule has 1 fully saturated rings. The number of ketones is 1. The Bertz CT molecular complexity index is 729. The first-order valence-electron chi connectivity index (χ1n) is 9.16. The molecule has 0 radical (unpaired) electrons. The molecule has 3 nitrogen and oxygen atoms in total. The van der Waals surface area contributed by atoms with Gasteiger partial charge < -0.3 is 5.11 Å². The van der Waals surface area contributed by atoms with Gasteiger partial charge in [-0.1, -0.05) is 33.1 Å². The smallest absolute Gasteiger partial charge is 0.216 e. The molecular formula is C21H28FNO2. The van der Waals surface area contributed by atoms with E-state index in [4.69, 9.17) is 5.11 Å². The van der Waals surface area contributed by atoms with Crippen molar-refractivity contribution in [1.29, 1.82) is 0 Å². The van der Waals surface area contributed by atoms with E-state index in [2.05, 4.69) is 11.9 Å². The van der Waals surface area contributed by atoms with Gasteiger partial charge in [0.1, 0.15) is 0 Å². The topological polar surface area (TPSA) is 50.2 Å². The van der Waals surface area contributed by atoms with Gasteiger partial charge in [-0.25, -0.2) is 4.98 Å². The normalized spacial score (nSPS) is 20.5. The van der Waals surface area contributed by atoms with Gasteiger partial charge in [0.15, 0.2) is 5.78 Å². The number of aromatic nitrogens is 1. The molecule has 1 aromatic heterocycles. The molecule has 0 spiro atoms.